The summed E-state index contributed by atoms with van der Waals surface area (Å²) in [6, 6.07) is 141. The van der Waals surface area contributed by atoms with Gasteiger partial charge in [0.1, 0.15) is 0 Å². The van der Waals surface area contributed by atoms with Crippen LogP contribution in [0.15, 0.2) is 388 Å². The molecule has 0 spiro atoms. The van der Waals surface area contributed by atoms with Crippen molar-refractivity contribution in [1.29, 1.82) is 0 Å². The van der Waals surface area contributed by atoms with Crippen LogP contribution in [-0.2, 0) is 0 Å². The third kappa shape index (κ3) is 9.92. The second kappa shape index (κ2) is 24.4. The molecule has 0 bridgehead atoms. The molecule has 16 aromatic carbocycles. The Bertz CT molecular complexity index is 6440. The number of nitrogens with zero attached hydrogens (tertiary/aromatic N) is 4. The molecule has 4 heterocycles. The highest BCUT2D eigenvalue weighted by atomic mass is 15.0. The Kier molecular flexibility index (Phi) is 14.2. The van der Waals surface area contributed by atoms with E-state index in [0.717, 1.165) is 22.7 Å². The van der Waals surface area contributed by atoms with Crippen LogP contribution in [-0.4, -0.2) is 18.3 Å². The van der Waals surface area contributed by atoms with E-state index < -0.39 is 0 Å². The maximum atomic E-state index is 2.45. The van der Waals surface area contributed by atoms with Gasteiger partial charge in [0.15, 0.2) is 0 Å². The fourth-order valence-corrected chi connectivity index (χ4v) is 15.6. The first-order valence-corrected chi connectivity index (χ1v) is 34.4. The molecule has 0 amide bonds. The van der Waals surface area contributed by atoms with E-state index in [4.69, 9.17) is 0 Å². The lowest BCUT2D eigenvalue weighted by molar-refractivity contribution is 1.17. The molecule has 100 heavy (non-hydrogen) atoms. The Morgan fingerprint density at radius 3 is 0.760 bits per heavy atom. The van der Waals surface area contributed by atoms with E-state index in [2.05, 4.69) is 407 Å². The summed E-state index contributed by atoms with van der Waals surface area (Å²) in [7, 11) is 0. The van der Waals surface area contributed by atoms with Gasteiger partial charge in [0.2, 0.25) is 0 Å². The fraction of sp³-hybridized carbons (Fsp3) is 0. The van der Waals surface area contributed by atoms with E-state index in [1.807, 2.05) is 0 Å². The van der Waals surface area contributed by atoms with Gasteiger partial charge < -0.3 is 18.3 Å². The lowest BCUT2D eigenvalue weighted by atomic mass is 9.99. The lowest BCUT2D eigenvalue weighted by Gasteiger charge is -2.12. The molecule has 4 aromatic heterocycles. The SMILES string of the molecule is c1ccc(-c2ccc(-c3ccc(-n4c5ccccc5c5c6c7cc(-c8ccccc8)ccc7n(-c7ccccc7)c6ccc54)cc3)cc2)cc1.c1ccc(-c2cccc(-c3cccc(-n4c5ccccc5c5c6c7cc(-c8ccccc8)ccc7n(-c7ccccc7)c6ccc54)c3)c2)cc1. The molecule has 4 nitrogen and oxygen atoms in total. The average molecular weight is 1270 g/mol. The summed E-state index contributed by atoms with van der Waals surface area (Å²) < 4.78 is 9.72. The first-order valence-electron chi connectivity index (χ1n) is 34.4. The second-order valence-corrected chi connectivity index (χ2v) is 25.9. The minimum atomic E-state index is 1.15. The van der Waals surface area contributed by atoms with Crippen LogP contribution in [0.4, 0.5) is 0 Å². The molecule has 0 aliphatic carbocycles. The Labute approximate surface area is 579 Å². The zero-order valence-corrected chi connectivity index (χ0v) is 54.7. The summed E-state index contributed by atoms with van der Waals surface area (Å²) in [5, 5.41) is 10.1. The maximum Gasteiger partial charge on any atom is 0.0548 e. The molecule has 0 N–H and O–H groups in total. The molecule has 0 fully saturated rings. The summed E-state index contributed by atoms with van der Waals surface area (Å²) >= 11 is 0. The molecule has 0 aliphatic heterocycles. The van der Waals surface area contributed by atoms with Gasteiger partial charge in [-0.2, -0.15) is 0 Å². The Morgan fingerprint density at radius 1 is 0.120 bits per heavy atom. The number of para-hydroxylation sites is 4. The van der Waals surface area contributed by atoms with Crippen LogP contribution < -0.4 is 0 Å². The van der Waals surface area contributed by atoms with Crippen LogP contribution >= 0.6 is 0 Å². The van der Waals surface area contributed by atoms with E-state index in [1.54, 1.807) is 0 Å². The van der Waals surface area contributed by atoms with Gasteiger partial charge in [0.05, 0.1) is 44.1 Å². The van der Waals surface area contributed by atoms with Crippen molar-refractivity contribution >= 4 is 87.2 Å². The number of benzene rings is 16. The minimum absolute atomic E-state index is 1.15. The molecular weight excluding hydrogens is 1210 g/mol. The summed E-state index contributed by atoms with van der Waals surface area (Å²) in [5.41, 5.74) is 28.9. The Balaban J connectivity index is 0.000000139. The highest BCUT2D eigenvalue weighted by molar-refractivity contribution is 6.31. The smallest absolute Gasteiger partial charge is 0.0548 e. The van der Waals surface area contributed by atoms with Gasteiger partial charge in [0.25, 0.3) is 0 Å². The van der Waals surface area contributed by atoms with Gasteiger partial charge >= 0.3 is 0 Å². The topological polar surface area (TPSA) is 19.7 Å². The van der Waals surface area contributed by atoms with Gasteiger partial charge in [-0.3, -0.25) is 0 Å². The molecule has 4 heteroatoms. The fourth-order valence-electron chi connectivity index (χ4n) is 15.6. The van der Waals surface area contributed by atoms with Crippen LogP contribution in [0.2, 0.25) is 0 Å². The first-order chi connectivity index (χ1) is 49.6. The van der Waals surface area contributed by atoms with Crippen molar-refractivity contribution in [2.75, 3.05) is 0 Å². The quantitative estimate of drug-likeness (QED) is 0.130. The highest BCUT2D eigenvalue weighted by Gasteiger charge is 2.24. The van der Waals surface area contributed by atoms with Crippen LogP contribution in [0.1, 0.15) is 0 Å². The molecule has 0 saturated heterocycles. The zero-order valence-electron chi connectivity index (χ0n) is 54.7. The van der Waals surface area contributed by atoms with Crippen molar-refractivity contribution in [2.45, 2.75) is 0 Å². The number of rotatable bonds is 10. The van der Waals surface area contributed by atoms with Gasteiger partial charge in [-0.25, -0.2) is 0 Å². The summed E-state index contributed by atoms with van der Waals surface area (Å²) in [4.78, 5) is 0. The largest absolute Gasteiger partial charge is 0.309 e. The molecule has 20 rings (SSSR count). The van der Waals surface area contributed by atoms with Crippen molar-refractivity contribution in [3.05, 3.63) is 388 Å². The first kappa shape index (κ1) is 58.1. The van der Waals surface area contributed by atoms with E-state index >= 15 is 0 Å². The standard InChI is InChI=1S/2C48H32N2/c1-4-14-33(15-5-1)35-18-12-19-36(30-35)37-20-13-23-40(31-37)50-43-25-11-10-24-41(43)47-45(50)28-29-46-48(47)42-32-38(34-16-6-2-7-17-34)26-27-44(42)49(46)39-21-8-3-9-22-39;1-4-12-33(13-5-1)35-20-22-36(23-21-35)37-24-27-40(28-25-37)50-43-19-11-10-18-41(43)47-45(50)30-31-46-48(47)42-32-38(34-14-6-2-7-15-34)26-29-44(42)49(46)39-16-8-3-9-17-39/h2*1-32H. The second-order valence-electron chi connectivity index (χ2n) is 25.9. The zero-order chi connectivity index (χ0) is 66.0. The van der Waals surface area contributed by atoms with Crippen molar-refractivity contribution in [2.24, 2.45) is 0 Å². The summed E-state index contributed by atoms with van der Waals surface area (Å²) in [5.74, 6) is 0. The number of aromatic nitrogens is 4. The van der Waals surface area contributed by atoms with Gasteiger partial charge in [0, 0.05) is 65.8 Å². The molecule has 20 aromatic rings. The van der Waals surface area contributed by atoms with E-state index in [9.17, 15) is 0 Å². The normalized spacial score (nSPS) is 11.6. The minimum Gasteiger partial charge on any atom is -0.309 e. The average Bonchev–Trinajstić information content (AvgIpc) is 1.55. The molecular formula is C96H64N4. The van der Waals surface area contributed by atoms with Gasteiger partial charge in [-0.1, -0.05) is 273 Å². The Morgan fingerprint density at radius 2 is 0.350 bits per heavy atom. The maximum absolute atomic E-state index is 2.45. The van der Waals surface area contributed by atoms with Crippen LogP contribution in [0, 0.1) is 0 Å². The van der Waals surface area contributed by atoms with Crippen molar-refractivity contribution in [3.63, 3.8) is 0 Å². The molecule has 0 unspecified atom stereocenters. The van der Waals surface area contributed by atoms with Crippen molar-refractivity contribution < 1.29 is 0 Å². The predicted molar refractivity (Wildman–Crippen MR) is 423 cm³/mol. The molecule has 468 valence electrons. The monoisotopic (exact) mass is 1270 g/mol. The van der Waals surface area contributed by atoms with Crippen LogP contribution in [0.5, 0.6) is 0 Å². The lowest BCUT2D eigenvalue weighted by Crippen LogP contribution is -1.95. The predicted octanol–water partition coefficient (Wildman–Crippen LogP) is 25.8. The number of hydrogen-bond donors (Lipinski definition) is 0. The molecule has 0 atom stereocenters. The van der Waals surface area contributed by atoms with Gasteiger partial charge in [-0.05, 0) is 182 Å². The third-order valence-electron chi connectivity index (χ3n) is 20.2. The molecule has 0 saturated carbocycles. The van der Waals surface area contributed by atoms with Crippen LogP contribution in [0.3, 0.4) is 0 Å². The van der Waals surface area contributed by atoms with E-state index in [1.165, 1.54) is 154 Å². The summed E-state index contributed by atoms with van der Waals surface area (Å²) in [6.45, 7) is 0. The third-order valence-corrected chi connectivity index (χ3v) is 20.2. The van der Waals surface area contributed by atoms with Crippen molar-refractivity contribution in [1.82, 2.24) is 18.3 Å². The summed E-state index contributed by atoms with van der Waals surface area (Å²) in [6.07, 6.45) is 0. The van der Waals surface area contributed by atoms with Crippen molar-refractivity contribution in [3.8, 4) is 89.5 Å². The van der Waals surface area contributed by atoms with E-state index in [0.29, 0.717) is 0 Å². The Hall–Kier alpha value is -13.3. The van der Waals surface area contributed by atoms with E-state index in [-0.39, 0.29) is 0 Å². The number of fused-ring (bicyclic) bond motifs is 14. The molecule has 0 radical (unpaired) electrons. The molecule has 0 aliphatic rings. The highest BCUT2D eigenvalue weighted by Crippen LogP contribution is 2.46. The van der Waals surface area contributed by atoms with Crippen LogP contribution in [0.25, 0.3) is 177 Å². The number of hydrogen-bond acceptors (Lipinski definition) is 0. The van der Waals surface area contributed by atoms with Gasteiger partial charge in [-0.15, -0.1) is 0 Å².